The largest absolute Gasteiger partial charge is 0.378 e. The highest BCUT2D eigenvalue weighted by Crippen LogP contribution is 2.17. The van der Waals surface area contributed by atoms with E-state index in [2.05, 4.69) is 51.5 Å². The number of rotatable bonds is 5. The molecule has 0 saturated carbocycles. The molecule has 1 N–H and O–H groups in total. The normalized spacial score (nSPS) is 12.4. The highest BCUT2D eigenvalue weighted by molar-refractivity contribution is 5.46. The van der Waals surface area contributed by atoms with E-state index in [0.29, 0.717) is 18.3 Å². The Balaban J connectivity index is 1.94. The summed E-state index contributed by atoms with van der Waals surface area (Å²) in [7, 11) is 4.07. The summed E-state index contributed by atoms with van der Waals surface area (Å²) in [5, 5.41) is 7.24. The maximum atomic E-state index is 4.94. The summed E-state index contributed by atoms with van der Waals surface area (Å²) in [5.41, 5.74) is 2.44. The van der Waals surface area contributed by atoms with E-state index >= 15 is 0 Å². The quantitative estimate of drug-likeness (QED) is 0.894. The van der Waals surface area contributed by atoms with Crippen molar-refractivity contribution in [3.8, 4) is 0 Å². The molecule has 0 bridgehead atoms. The van der Waals surface area contributed by atoms with E-state index in [1.165, 1.54) is 11.3 Å². The van der Waals surface area contributed by atoms with Crippen LogP contribution in [0.1, 0.15) is 30.2 Å². The number of hydrogen-bond acceptors (Lipinski definition) is 5. The van der Waals surface area contributed by atoms with Crippen LogP contribution in [0.2, 0.25) is 0 Å². The fourth-order valence-electron chi connectivity index (χ4n) is 1.84. The van der Waals surface area contributed by atoms with Crippen molar-refractivity contribution >= 4 is 5.69 Å². The molecule has 0 aliphatic carbocycles. The Morgan fingerprint density at radius 3 is 2.47 bits per heavy atom. The third kappa shape index (κ3) is 3.54. The van der Waals surface area contributed by atoms with Crippen LogP contribution in [0, 0.1) is 6.92 Å². The van der Waals surface area contributed by atoms with Gasteiger partial charge < -0.3 is 14.7 Å². The van der Waals surface area contributed by atoms with Gasteiger partial charge in [-0.1, -0.05) is 17.3 Å². The Morgan fingerprint density at radius 1 is 1.26 bits per heavy atom. The first-order chi connectivity index (χ1) is 9.06. The molecule has 0 saturated heterocycles. The minimum absolute atomic E-state index is 0.245. The van der Waals surface area contributed by atoms with Crippen LogP contribution < -0.4 is 10.2 Å². The summed E-state index contributed by atoms with van der Waals surface area (Å²) in [5.74, 6) is 1.29. The first-order valence-corrected chi connectivity index (χ1v) is 6.36. The van der Waals surface area contributed by atoms with Gasteiger partial charge in [0.05, 0.1) is 6.54 Å². The van der Waals surface area contributed by atoms with Crippen LogP contribution in [0.4, 0.5) is 5.69 Å². The minimum Gasteiger partial charge on any atom is -0.378 e. The summed E-state index contributed by atoms with van der Waals surface area (Å²) in [6.45, 7) is 4.52. The first kappa shape index (κ1) is 13.5. The van der Waals surface area contributed by atoms with Crippen molar-refractivity contribution < 1.29 is 4.52 Å². The summed E-state index contributed by atoms with van der Waals surface area (Å²) < 4.78 is 4.94. The van der Waals surface area contributed by atoms with Gasteiger partial charge >= 0.3 is 0 Å². The van der Waals surface area contributed by atoms with Crippen molar-refractivity contribution in [1.29, 1.82) is 0 Å². The molecule has 1 aromatic heterocycles. The highest BCUT2D eigenvalue weighted by atomic mass is 16.5. The molecule has 102 valence electrons. The van der Waals surface area contributed by atoms with Crippen LogP contribution in [-0.4, -0.2) is 24.2 Å². The minimum atomic E-state index is 0.245. The average Bonchev–Trinajstić information content (AvgIpc) is 2.82. The van der Waals surface area contributed by atoms with E-state index in [0.717, 1.165) is 0 Å². The van der Waals surface area contributed by atoms with Gasteiger partial charge in [-0.25, -0.2) is 0 Å². The molecule has 0 aliphatic heterocycles. The highest BCUT2D eigenvalue weighted by Gasteiger charge is 2.08. The summed E-state index contributed by atoms with van der Waals surface area (Å²) in [6.07, 6.45) is 0. The number of hydrogen-bond donors (Lipinski definition) is 1. The Bertz CT molecular complexity index is 518. The van der Waals surface area contributed by atoms with Crippen LogP contribution in [0.3, 0.4) is 0 Å². The molecule has 0 fully saturated rings. The van der Waals surface area contributed by atoms with Gasteiger partial charge in [-0.2, -0.15) is 4.98 Å². The number of anilines is 1. The Hall–Kier alpha value is -1.88. The van der Waals surface area contributed by atoms with Crippen LogP contribution in [0.15, 0.2) is 28.8 Å². The first-order valence-electron chi connectivity index (χ1n) is 6.36. The van der Waals surface area contributed by atoms with Gasteiger partial charge in [0.1, 0.15) is 0 Å². The Morgan fingerprint density at radius 2 is 1.95 bits per heavy atom. The van der Waals surface area contributed by atoms with Crippen molar-refractivity contribution in [3.05, 3.63) is 41.5 Å². The van der Waals surface area contributed by atoms with Gasteiger partial charge in [-0.15, -0.1) is 0 Å². The molecule has 19 heavy (non-hydrogen) atoms. The third-order valence-corrected chi connectivity index (χ3v) is 3.05. The van der Waals surface area contributed by atoms with Gasteiger partial charge in [0.2, 0.25) is 5.89 Å². The summed E-state index contributed by atoms with van der Waals surface area (Å²) >= 11 is 0. The number of benzene rings is 1. The standard InChI is InChI=1S/C14H20N4O/c1-10(15-9-14-16-11(2)19-17-14)12-5-7-13(8-6-12)18(3)4/h5-8,10,15H,9H2,1-4H3. The molecule has 1 atom stereocenters. The van der Waals surface area contributed by atoms with Crippen LogP contribution in [0.5, 0.6) is 0 Å². The number of aryl methyl sites for hydroxylation is 1. The van der Waals surface area contributed by atoms with Gasteiger partial charge in [-0.3, -0.25) is 0 Å². The second-order valence-corrected chi connectivity index (χ2v) is 4.82. The second kappa shape index (κ2) is 5.84. The fourth-order valence-corrected chi connectivity index (χ4v) is 1.84. The van der Waals surface area contributed by atoms with Crippen molar-refractivity contribution in [2.24, 2.45) is 0 Å². The third-order valence-electron chi connectivity index (χ3n) is 3.05. The summed E-state index contributed by atoms with van der Waals surface area (Å²) in [6, 6.07) is 8.75. The Labute approximate surface area is 113 Å². The molecule has 1 heterocycles. The molecule has 1 aromatic carbocycles. The fraction of sp³-hybridized carbons (Fsp3) is 0.429. The lowest BCUT2D eigenvalue weighted by Gasteiger charge is -2.16. The van der Waals surface area contributed by atoms with Crippen molar-refractivity contribution in [1.82, 2.24) is 15.5 Å². The number of nitrogens with zero attached hydrogens (tertiary/aromatic N) is 3. The molecule has 0 amide bonds. The monoisotopic (exact) mass is 260 g/mol. The van der Waals surface area contributed by atoms with Crippen molar-refractivity contribution in [3.63, 3.8) is 0 Å². The molecular weight excluding hydrogens is 240 g/mol. The van der Waals surface area contributed by atoms with E-state index in [4.69, 9.17) is 4.52 Å². The van der Waals surface area contributed by atoms with Gasteiger partial charge in [-0.05, 0) is 24.6 Å². The van der Waals surface area contributed by atoms with Gasteiger partial charge in [0.25, 0.3) is 0 Å². The predicted molar refractivity (Wildman–Crippen MR) is 75.1 cm³/mol. The van der Waals surface area contributed by atoms with Crippen LogP contribution in [-0.2, 0) is 6.54 Å². The van der Waals surface area contributed by atoms with Crippen molar-refractivity contribution in [2.75, 3.05) is 19.0 Å². The maximum Gasteiger partial charge on any atom is 0.223 e. The molecule has 2 rings (SSSR count). The van der Waals surface area contributed by atoms with E-state index in [1.807, 2.05) is 14.1 Å². The van der Waals surface area contributed by atoms with E-state index in [-0.39, 0.29) is 6.04 Å². The lowest BCUT2D eigenvalue weighted by molar-refractivity contribution is 0.384. The molecule has 0 radical (unpaired) electrons. The van der Waals surface area contributed by atoms with Crippen LogP contribution in [0.25, 0.3) is 0 Å². The number of aromatic nitrogens is 2. The van der Waals surface area contributed by atoms with E-state index in [9.17, 15) is 0 Å². The molecule has 5 nitrogen and oxygen atoms in total. The van der Waals surface area contributed by atoms with E-state index in [1.54, 1.807) is 6.92 Å². The second-order valence-electron chi connectivity index (χ2n) is 4.82. The molecule has 0 spiro atoms. The smallest absolute Gasteiger partial charge is 0.223 e. The molecule has 1 unspecified atom stereocenters. The topological polar surface area (TPSA) is 54.2 Å². The SMILES string of the molecule is Cc1nc(CNC(C)c2ccc(N(C)C)cc2)no1. The molecule has 5 heteroatoms. The zero-order valence-corrected chi connectivity index (χ0v) is 11.8. The van der Waals surface area contributed by atoms with E-state index < -0.39 is 0 Å². The lowest BCUT2D eigenvalue weighted by Crippen LogP contribution is -2.19. The average molecular weight is 260 g/mol. The lowest BCUT2D eigenvalue weighted by atomic mass is 10.1. The maximum absolute atomic E-state index is 4.94. The van der Waals surface area contributed by atoms with Gasteiger partial charge in [0, 0.05) is 32.7 Å². The molecule has 2 aromatic rings. The van der Waals surface area contributed by atoms with Crippen molar-refractivity contribution in [2.45, 2.75) is 26.4 Å². The Kier molecular flexibility index (Phi) is 4.16. The molecular formula is C14H20N4O. The zero-order chi connectivity index (χ0) is 13.8. The predicted octanol–water partition coefficient (Wildman–Crippen LogP) is 2.29. The number of nitrogens with one attached hydrogen (secondary N) is 1. The van der Waals surface area contributed by atoms with Gasteiger partial charge in [0.15, 0.2) is 5.82 Å². The molecule has 0 aliphatic rings. The zero-order valence-electron chi connectivity index (χ0n) is 11.8. The summed E-state index contributed by atoms with van der Waals surface area (Å²) in [4.78, 5) is 6.25. The van der Waals surface area contributed by atoms with Crippen LogP contribution >= 0.6 is 0 Å².